The normalized spacial score (nSPS) is 11.3. The number of aliphatic hydroxyl groups excluding tert-OH is 1. The van der Waals surface area contributed by atoms with Crippen molar-refractivity contribution in [2.45, 2.75) is 25.6 Å². The Balaban J connectivity index is 2.81. The van der Waals surface area contributed by atoms with Crippen LogP contribution in [0.4, 0.5) is 21.0 Å². The lowest BCUT2D eigenvalue weighted by molar-refractivity contribution is -0.385. The van der Waals surface area contributed by atoms with Crippen LogP contribution in [0.15, 0.2) is 18.2 Å². The molecule has 0 fully saturated rings. The largest absolute Gasteiger partial charge is 0.436 e. The number of hydrogen-bond acceptors (Lipinski definition) is 7. The SMILES string of the molecule is NC(=O)NCCCC(OC(N)=O)C(=O)Nc1ccc(CO)c([N+](=O)[O-])c1. The molecule has 1 unspecified atom stereocenters. The molecule has 0 heterocycles. The molecule has 0 aromatic heterocycles. The minimum Gasteiger partial charge on any atom is -0.436 e. The van der Waals surface area contributed by atoms with E-state index in [-0.39, 0.29) is 36.3 Å². The molecule has 142 valence electrons. The van der Waals surface area contributed by atoms with Gasteiger partial charge in [0, 0.05) is 18.3 Å². The minimum atomic E-state index is -1.27. The van der Waals surface area contributed by atoms with Crippen LogP contribution in [0.5, 0.6) is 0 Å². The first-order chi connectivity index (χ1) is 12.2. The number of carbonyl (C=O) groups excluding carboxylic acids is 3. The van der Waals surface area contributed by atoms with Crippen LogP contribution in [0.3, 0.4) is 0 Å². The zero-order valence-electron chi connectivity index (χ0n) is 13.6. The van der Waals surface area contributed by atoms with Gasteiger partial charge >= 0.3 is 12.1 Å². The molecule has 1 rings (SSSR count). The zero-order chi connectivity index (χ0) is 19.7. The van der Waals surface area contributed by atoms with E-state index in [1.807, 2.05) is 0 Å². The summed E-state index contributed by atoms with van der Waals surface area (Å²) in [5, 5.41) is 24.7. The average molecular weight is 369 g/mol. The Bertz CT molecular complexity index is 694. The first kappa shape index (κ1) is 20.6. The van der Waals surface area contributed by atoms with Crippen LogP contribution in [-0.2, 0) is 16.1 Å². The van der Waals surface area contributed by atoms with Gasteiger partial charge in [-0.3, -0.25) is 14.9 Å². The van der Waals surface area contributed by atoms with Crippen molar-refractivity contribution in [3.8, 4) is 0 Å². The van der Waals surface area contributed by atoms with Crippen molar-refractivity contribution < 1.29 is 29.2 Å². The fourth-order valence-corrected chi connectivity index (χ4v) is 2.05. The number of benzene rings is 1. The second-order valence-electron chi connectivity index (χ2n) is 5.11. The first-order valence-corrected chi connectivity index (χ1v) is 7.43. The van der Waals surface area contributed by atoms with Gasteiger partial charge in [0.2, 0.25) is 0 Å². The van der Waals surface area contributed by atoms with Crippen LogP contribution in [-0.4, -0.2) is 40.7 Å². The van der Waals surface area contributed by atoms with Gasteiger partial charge < -0.3 is 31.9 Å². The molecular formula is C14H19N5O7. The van der Waals surface area contributed by atoms with Crippen molar-refractivity contribution in [1.29, 1.82) is 0 Å². The van der Waals surface area contributed by atoms with Crippen LogP contribution in [0.1, 0.15) is 18.4 Å². The van der Waals surface area contributed by atoms with Gasteiger partial charge in [-0.05, 0) is 25.0 Å². The number of nitrogens with one attached hydrogen (secondary N) is 2. The minimum absolute atomic E-state index is 0.0336. The third-order valence-electron chi connectivity index (χ3n) is 3.21. The number of primary amides is 2. The monoisotopic (exact) mass is 369 g/mol. The summed E-state index contributed by atoms with van der Waals surface area (Å²) in [5.41, 5.74) is 9.62. The van der Waals surface area contributed by atoms with Gasteiger partial charge in [-0.2, -0.15) is 0 Å². The number of amides is 4. The molecular weight excluding hydrogens is 350 g/mol. The van der Waals surface area contributed by atoms with Gasteiger partial charge in [-0.1, -0.05) is 0 Å². The summed E-state index contributed by atoms with van der Waals surface area (Å²) in [6.07, 6.45) is -2.14. The molecule has 4 amide bonds. The number of carbonyl (C=O) groups is 3. The fourth-order valence-electron chi connectivity index (χ4n) is 2.05. The molecule has 1 atom stereocenters. The highest BCUT2D eigenvalue weighted by Gasteiger charge is 2.23. The highest BCUT2D eigenvalue weighted by Crippen LogP contribution is 2.23. The molecule has 0 aliphatic rings. The van der Waals surface area contributed by atoms with Crippen molar-refractivity contribution in [2.75, 3.05) is 11.9 Å². The summed E-state index contributed by atoms with van der Waals surface area (Å²) >= 11 is 0. The van der Waals surface area contributed by atoms with Crippen molar-refractivity contribution >= 4 is 29.4 Å². The van der Waals surface area contributed by atoms with Gasteiger partial charge in [0.15, 0.2) is 6.10 Å². The first-order valence-electron chi connectivity index (χ1n) is 7.43. The van der Waals surface area contributed by atoms with Gasteiger partial charge in [0.1, 0.15) is 0 Å². The van der Waals surface area contributed by atoms with Crippen LogP contribution in [0.2, 0.25) is 0 Å². The van der Waals surface area contributed by atoms with Crippen molar-refractivity contribution in [3.63, 3.8) is 0 Å². The lowest BCUT2D eigenvalue weighted by Gasteiger charge is -2.16. The highest BCUT2D eigenvalue weighted by molar-refractivity contribution is 5.95. The standard InChI is InChI=1S/C14H19N5O7/c15-13(22)17-5-1-2-11(26-14(16)23)12(21)18-9-4-3-8(7-20)10(6-9)19(24)25/h3-4,6,11,20H,1-2,5,7H2,(H2,16,23)(H,18,21)(H3,15,17,22). The summed E-state index contributed by atoms with van der Waals surface area (Å²) in [6, 6.07) is 2.97. The van der Waals surface area contributed by atoms with Crippen LogP contribution < -0.4 is 22.1 Å². The number of ether oxygens (including phenoxy) is 1. The summed E-state index contributed by atoms with van der Waals surface area (Å²) in [4.78, 5) is 44.1. The Morgan fingerprint density at radius 1 is 1.31 bits per heavy atom. The number of nitrogens with zero attached hydrogens (tertiary/aromatic N) is 1. The Morgan fingerprint density at radius 2 is 2.00 bits per heavy atom. The molecule has 0 aliphatic heterocycles. The maximum absolute atomic E-state index is 12.2. The maximum atomic E-state index is 12.2. The second kappa shape index (κ2) is 9.78. The Kier molecular flexibility index (Phi) is 7.76. The number of anilines is 1. The summed E-state index contributed by atoms with van der Waals surface area (Å²) in [6.45, 7) is -0.386. The molecule has 0 spiro atoms. The van der Waals surface area contributed by atoms with Crippen molar-refractivity contribution in [2.24, 2.45) is 11.5 Å². The lowest BCUT2D eigenvalue weighted by atomic mass is 10.1. The number of hydrogen-bond donors (Lipinski definition) is 5. The van der Waals surface area contributed by atoms with E-state index in [2.05, 4.69) is 10.6 Å². The zero-order valence-corrected chi connectivity index (χ0v) is 13.6. The molecule has 1 aromatic rings. The van der Waals surface area contributed by atoms with Gasteiger partial charge in [0.05, 0.1) is 17.1 Å². The second-order valence-corrected chi connectivity index (χ2v) is 5.11. The summed E-state index contributed by atoms with van der Waals surface area (Å²) < 4.78 is 4.72. The third-order valence-corrected chi connectivity index (χ3v) is 3.21. The lowest BCUT2D eigenvalue weighted by Crippen LogP contribution is -2.36. The Labute approximate surface area is 147 Å². The molecule has 12 nitrogen and oxygen atoms in total. The number of nitrogens with two attached hydrogens (primary N) is 2. The molecule has 7 N–H and O–H groups in total. The van der Waals surface area contributed by atoms with Crippen LogP contribution in [0.25, 0.3) is 0 Å². The maximum Gasteiger partial charge on any atom is 0.405 e. The highest BCUT2D eigenvalue weighted by atomic mass is 16.6. The predicted molar refractivity (Wildman–Crippen MR) is 88.9 cm³/mol. The number of urea groups is 1. The van der Waals surface area contributed by atoms with E-state index in [0.717, 1.165) is 6.07 Å². The Hall–Kier alpha value is -3.41. The number of rotatable bonds is 9. The number of aliphatic hydroxyl groups is 1. The van der Waals surface area contributed by atoms with Crippen molar-refractivity contribution in [1.82, 2.24) is 5.32 Å². The average Bonchev–Trinajstić information content (AvgIpc) is 2.56. The van der Waals surface area contributed by atoms with Crippen LogP contribution >= 0.6 is 0 Å². The third kappa shape index (κ3) is 6.60. The quantitative estimate of drug-likeness (QED) is 0.228. The molecule has 1 aromatic carbocycles. The molecule has 0 bridgehead atoms. The van der Waals surface area contributed by atoms with E-state index >= 15 is 0 Å². The molecule has 0 aliphatic carbocycles. The van der Waals surface area contributed by atoms with E-state index in [9.17, 15) is 24.5 Å². The topological polar surface area (TPSA) is 200 Å². The van der Waals surface area contributed by atoms with Crippen molar-refractivity contribution in [3.05, 3.63) is 33.9 Å². The van der Waals surface area contributed by atoms with E-state index < -0.39 is 35.7 Å². The van der Waals surface area contributed by atoms with Gasteiger partial charge in [-0.25, -0.2) is 9.59 Å². The molecule has 0 saturated carbocycles. The predicted octanol–water partition coefficient (Wildman–Crippen LogP) is -0.0620. The number of nitro groups is 1. The van der Waals surface area contributed by atoms with Gasteiger partial charge in [0.25, 0.3) is 11.6 Å². The Morgan fingerprint density at radius 3 is 2.54 bits per heavy atom. The van der Waals surface area contributed by atoms with E-state index in [4.69, 9.17) is 21.3 Å². The molecule has 0 saturated heterocycles. The molecule has 26 heavy (non-hydrogen) atoms. The van der Waals surface area contributed by atoms with Gasteiger partial charge in [-0.15, -0.1) is 0 Å². The van der Waals surface area contributed by atoms with Crippen LogP contribution in [0, 0.1) is 10.1 Å². The smallest absolute Gasteiger partial charge is 0.405 e. The summed E-state index contributed by atoms with van der Waals surface area (Å²) in [7, 11) is 0. The fraction of sp³-hybridized carbons (Fsp3) is 0.357. The van der Waals surface area contributed by atoms with E-state index in [1.165, 1.54) is 12.1 Å². The van der Waals surface area contributed by atoms with E-state index in [1.54, 1.807) is 0 Å². The molecule has 0 radical (unpaired) electrons. The summed E-state index contributed by atoms with van der Waals surface area (Å²) in [5.74, 6) is -0.756. The molecule has 12 heteroatoms. The number of nitro benzene ring substituents is 1. The van der Waals surface area contributed by atoms with E-state index in [0.29, 0.717) is 0 Å².